The quantitative estimate of drug-likeness (QED) is 0.715. The molecule has 1 aromatic heterocycles. The average Bonchev–Trinajstić information content (AvgIpc) is 2.99. The third-order valence-electron chi connectivity index (χ3n) is 7.72. The first kappa shape index (κ1) is 24.3. The number of hydrogen-bond donors (Lipinski definition) is 0. The van der Waals surface area contributed by atoms with Crippen LogP contribution in [0.25, 0.3) is 0 Å². The van der Waals surface area contributed by atoms with E-state index in [1.165, 1.54) is 31.5 Å². The van der Waals surface area contributed by atoms with Crippen LogP contribution in [0.2, 0.25) is 0 Å². The maximum absolute atomic E-state index is 12.0. The first-order valence-electron chi connectivity index (χ1n) is 12.3. The second-order valence-electron chi connectivity index (χ2n) is 10.3. The van der Waals surface area contributed by atoms with Crippen LogP contribution in [0.15, 0.2) is 18.7 Å². The fourth-order valence-corrected chi connectivity index (χ4v) is 5.37. The molecular formula is C25H43N5O. The molecule has 6 nitrogen and oxygen atoms in total. The van der Waals surface area contributed by atoms with Crippen molar-refractivity contribution in [3.63, 3.8) is 0 Å². The smallest absolute Gasteiger partial charge is 0.152 e. The third-order valence-corrected chi connectivity index (χ3v) is 7.72. The normalized spacial score (nSPS) is 26.7. The van der Waals surface area contributed by atoms with E-state index < -0.39 is 0 Å². The predicted octanol–water partition coefficient (Wildman–Crippen LogP) is 3.44. The first-order chi connectivity index (χ1) is 14.8. The van der Waals surface area contributed by atoms with Crippen LogP contribution in [0.1, 0.15) is 71.8 Å². The number of piperidine rings is 1. The van der Waals surface area contributed by atoms with Crippen LogP contribution in [0.4, 0.5) is 0 Å². The molecule has 0 spiro atoms. The summed E-state index contributed by atoms with van der Waals surface area (Å²) >= 11 is 0. The topological polar surface area (TPSA) is 52.6 Å². The molecule has 3 saturated heterocycles. The van der Waals surface area contributed by atoms with Crippen LogP contribution in [0.5, 0.6) is 0 Å². The van der Waals surface area contributed by atoms with Gasteiger partial charge in [0.2, 0.25) is 0 Å². The molecule has 3 aliphatic rings. The Morgan fingerprint density at radius 3 is 1.94 bits per heavy atom. The van der Waals surface area contributed by atoms with Gasteiger partial charge in [-0.15, -0.1) is 0 Å². The molecule has 174 valence electrons. The molecule has 0 aliphatic carbocycles. The second kappa shape index (κ2) is 11.0. The zero-order valence-corrected chi connectivity index (χ0v) is 20.5. The van der Waals surface area contributed by atoms with Crippen molar-refractivity contribution in [2.24, 2.45) is 5.92 Å². The van der Waals surface area contributed by atoms with Gasteiger partial charge in [0.1, 0.15) is 6.33 Å². The summed E-state index contributed by atoms with van der Waals surface area (Å²) in [6.45, 7) is 15.2. The maximum Gasteiger partial charge on any atom is 0.152 e. The minimum Gasteiger partial charge on any atom is -0.298 e. The van der Waals surface area contributed by atoms with Gasteiger partial charge in [0, 0.05) is 49.5 Å². The van der Waals surface area contributed by atoms with Crippen LogP contribution in [0.3, 0.4) is 0 Å². The average molecular weight is 430 g/mol. The van der Waals surface area contributed by atoms with Crippen molar-refractivity contribution in [1.29, 1.82) is 0 Å². The molecule has 3 atom stereocenters. The van der Waals surface area contributed by atoms with Crippen molar-refractivity contribution < 1.29 is 4.79 Å². The molecule has 3 fully saturated rings. The monoisotopic (exact) mass is 429 g/mol. The van der Waals surface area contributed by atoms with Gasteiger partial charge >= 0.3 is 0 Å². The number of likely N-dealkylation sites (tertiary alicyclic amines) is 2. The molecule has 0 aromatic carbocycles. The molecule has 6 heteroatoms. The molecule has 4 heterocycles. The summed E-state index contributed by atoms with van der Waals surface area (Å²) in [7, 11) is 2.29. The zero-order chi connectivity index (χ0) is 22.5. The van der Waals surface area contributed by atoms with Crippen LogP contribution < -0.4 is 0 Å². The minimum absolute atomic E-state index is 0.0490. The third kappa shape index (κ3) is 6.11. The van der Waals surface area contributed by atoms with Crippen LogP contribution in [0, 0.1) is 5.92 Å². The van der Waals surface area contributed by atoms with Crippen molar-refractivity contribution in [3.8, 4) is 0 Å². The highest BCUT2D eigenvalue weighted by Crippen LogP contribution is 2.29. The number of aromatic nitrogens is 2. The molecule has 0 N–H and O–H groups in total. The highest BCUT2D eigenvalue weighted by molar-refractivity contribution is 5.85. The Balaban J connectivity index is 0.000000194. The summed E-state index contributed by atoms with van der Waals surface area (Å²) in [5.74, 6) is 1.01. The molecule has 0 radical (unpaired) electrons. The Morgan fingerprint density at radius 2 is 1.45 bits per heavy atom. The Labute approximate surface area is 189 Å². The van der Waals surface area contributed by atoms with Gasteiger partial charge in [-0.05, 0) is 78.1 Å². The fraction of sp³-hybridized carbons (Fsp3) is 0.800. The Kier molecular flexibility index (Phi) is 8.59. The largest absolute Gasteiger partial charge is 0.298 e. The van der Waals surface area contributed by atoms with Gasteiger partial charge in [0.25, 0.3) is 0 Å². The highest BCUT2D eigenvalue weighted by Gasteiger charge is 2.37. The van der Waals surface area contributed by atoms with E-state index >= 15 is 0 Å². The second-order valence-corrected chi connectivity index (χ2v) is 10.3. The Hall–Kier alpha value is -1.37. The number of rotatable bonds is 5. The maximum atomic E-state index is 12.0. The van der Waals surface area contributed by atoms with Crippen molar-refractivity contribution >= 4 is 5.78 Å². The van der Waals surface area contributed by atoms with E-state index in [1.807, 2.05) is 33.2 Å². The van der Waals surface area contributed by atoms with E-state index in [0.717, 1.165) is 44.1 Å². The summed E-state index contributed by atoms with van der Waals surface area (Å²) in [5.41, 5.74) is 1.23. The summed E-state index contributed by atoms with van der Waals surface area (Å²) in [6, 6.07) is 2.49. The number of likely N-dealkylation sites (N-methyl/N-ethyl adjacent to an activating group) is 1. The molecule has 3 aliphatic heterocycles. The number of ketones is 1. The summed E-state index contributed by atoms with van der Waals surface area (Å²) < 4.78 is 0. The van der Waals surface area contributed by atoms with E-state index in [9.17, 15) is 4.79 Å². The standard InChI is InChI=1S/C15H23N3O.C10H20N2/c1-11(2)15(19)12(3)18-6-4-13(5-7-18)14-8-16-10-17-9-14;1-8(2)12-6-9-4-5-10(7-12)11(9)3/h8-13H,4-7H2,1-3H3;8-10H,4-7H2,1-3H3/t12-;/m0./s1. The molecule has 0 amide bonds. The lowest BCUT2D eigenvalue weighted by atomic mass is 9.89. The van der Waals surface area contributed by atoms with Crippen LogP contribution in [-0.4, -0.2) is 87.8 Å². The lowest BCUT2D eigenvalue weighted by Crippen LogP contribution is -2.53. The van der Waals surface area contributed by atoms with Crippen molar-refractivity contribution in [2.45, 2.75) is 90.4 Å². The fourth-order valence-electron chi connectivity index (χ4n) is 5.37. The lowest BCUT2D eigenvalue weighted by Gasteiger charge is -2.40. The van der Waals surface area contributed by atoms with E-state index in [-0.39, 0.29) is 12.0 Å². The zero-order valence-electron chi connectivity index (χ0n) is 20.5. The molecule has 4 rings (SSSR count). The number of fused-ring (bicyclic) bond motifs is 2. The van der Waals surface area contributed by atoms with Gasteiger partial charge in [-0.2, -0.15) is 0 Å². The van der Waals surface area contributed by atoms with Gasteiger partial charge in [-0.3, -0.25) is 19.5 Å². The molecule has 1 aromatic rings. The molecular weight excluding hydrogens is 386 g/mol. The molecule has 31 heavy (non-hydrogen) atoms. The van der Waals surface area contributed by atoms with Crippen LogP contribution in [-0.2, 0) is 4.79 Å². The Morgan fingerprint density at radius 1 is 0.903 bits per heavy atom. The van der Waals surface area contributed by atoms with E-state index in [4.69, 9.17) is 0 Å². The number of carbonyl (C=O) groups excluding carboxylic acids is 1. The van der Waals surface area contributed by atoms with E-state index in [1.54, 1.807) is 6.33 Å². The minimum atomic E-state index is 0.0490. The lowest BCUT2D eigenvalue weighted by molar-refractivity contribution is -0.127. The van der Waals surface area contributed by atoms with Gasteiger partial charge in [-0.1, -0.05) is 13.8 Å². The number of piperazine rings is 1. The van der Waals surface area contributed by atoms with Gasteiger partial charge < -0.3 is 0 Å². The molecule has 0 saturated carbocycles. The van der Waals surface area contributed by atoms with E-state index in [2.05, 4.69) is 45.6 Å². The van der Waals surface area contributed by atoms with Gasteiger partial charge in [-0.25, -0.2) is 9.97 Å². The highest BCUT2D eigenvalue weighted by atomic mass is 16.1. The first-order valence-corrected chi connectivity index (χ1v) is 12.3. The van der Waals surface area contributed by atoms with Crippen molar-refractivity contribution in [3.05, 3.63) is 24.3 Å². The molecule has 2 unspecified atom stereocenters. The van der Waals surface area contributed by atoms with Crippen molar-refractivity contribution in [1.82, 2.24) is 24.7 Å². The van der Waals surface area contributed by atoms with Gasteiger partial charge in [0.15, 0.2) is 5.78 Å². The number of carbonyl (C=O) groups is 1. The van der Waals surface area contributed by atoms with E-state index in [0.29, 0.717) is 11.7 Å². The predicted molar refractivity (Wildman–Crippen MR) is 126 cm³/mol. The van der Waals surface area contributed by atoms with Crippen LogP contribution >= 0.6 is 0 Å². The summed E-state index contributed by atoms with van der Waals surface area (Å²) in [5, 5.41) is 0. The van der Waals surface area contributed by atoms with Crippen molar-refractivity contribution in [2.75, 3.05) is 33.2 Å². The SMILES string of the molecule is CC(C)C(=O)[C@H](C)N1CCC(c2cncnc2)CC1.CC(C)N1CC2CCC(C1)N2C. The van der Waals surface area contributed by atoms with Gasteiger partial charge in [0.05, 0.1) is 6.04 Å². The number of nitrogens with zero attached hydrogens (tertiary/aromatic N) is 5. The number of hydrogen-bond acceptors (Lipinski definition) is 6. The Bertz CT molecular complexity index is 672. The molecule has 2 bridgehead atoms. The summed E-state index contributed by atoms with van der Waals surface area (Å²) in [4.78, 5) is 27.7. The number of Topliss-reactive ketones (excluding diaryl/α,β-unsaturated/α-hetero) is 1. The summed E-state index contributed by atoms with van der Waals surface area (Å²) in [6.07, 6.45) is 10.4.